The van der Waals surface area contributed by atoms with E-state index in [4.69, 9.17) is 11.0 Å². The van der Waals surface area contributed by atoms with Crippen LogP contribution in [0.4, 0.5) is 5.82 Å². The van der Waals surface area contributed by atoms with Crippen LogP contribution in [0.2, 0.25) is 0 Å². The first-order chi connectivity index (χ1) is 10.6. The smallest absolute Gasteiger partial charge is 0.298 e. The molecule has 7 nitrogen and oxygen atoms in total. The molecule has 2 heterocycles. The minimum atomic E-state index is -0.477. The molecular formula is C14H9BrN6O. The van der Waals surface area contributed by atoms with Crippen molar-refractivity contribution in [3.8, 4) is 17.3 Å². The summed E-state index contributed by atoms with van der Waals surface area (Å²) in [7, 11) is 0. The number of carbonyl (C=O) groups is 1. The zero-order chi connectivity index (χ0) is 15.7. The number of aromatic nitrogens is 4. The number of halogens is 1. The van der Waals surface area contributed by atoms with Crippen LogP contribution in [0.1, 0.15) is 16.1 Å². The van der Waals surface area contributed by atoms with E-state index in [0.717, 1.165) is 14.7 Å². The maximum absolute atomic E-state index is 12.3. The Morgan fingerprint density at radius 2 is 2.09 bits per heavy atom. The molecule has 8 heteroatoms. The van der Waals surface area contributed by atoms with Crippen molar-refractivity contribution in [1.82, 2.24) is 20.0 Å². The van der Waals surface area contributed by atoms with E-state index >= 15 is 0 Å². The number of nitrogens with zero attached hydrogens (tertiary/aromatic N) is 4. The zero-order valence-electron chi connectivity index (χ0n) is 11.1. The lowest BCUT2D eigenvalue weighted by atomic mass is 10.1. The van der Waals surface area contributed by atoms with E-state index in [0.29, 0.717) is 5.69 Å². The second-order valence-corrected chi connectivity index (χ2v) is 5.36. The average Bonchev–Trinajstić information content (AvgIpc) is 3.14. The Hall–Kier alpha value is -2.92. The van der Waals surface area contributed by atoms with E-state index < -0.39 is 5.91 Å². The molecule has 3 rings (SSSR count). The number of H-pyrrole nitrogens is 1. The van der Waals surface area contributed by atoms with Crippen LogP contribution in [-0.2, 0) is 0 Å². The van der Waals surface area contributed by atoms with Crippen molar-refractivity contribution in [2.75, 3.05) is 5.73 Å². The predicted octanol–water partition coefficient (Wildman–Crippen LogP) is 2.18. The summed E-state index contributed by atoms with van der Waals surface area (Å²) in [6.45, 7) is 0. The number of hydrogen-bond donors (Lipinski definition) is 2. The van der Waals surface area contributed by atoms with Gasteiger partial charge in [0.2, 0.25) is 0 Å². The van der Waals surface area contributed by atoms with Crippen molar-refractivity contribution in [1.29, 1.82) is 5.26 Å². The molecule has 0 saturated carbocycles. The minimum Gasteiger partial charge on any atom is -0.382 e. The van der Waals surface area contributed by atoms with E-state index in [-0.39, 0.29) is 17.1 Å². The highest BCUT2D eigenvalue weighted by atomic mass is 79.9. The number of hydrogen-bond acceptors (Lipinski definition) is 5. The molecule has 0 aliphatic rings. The van der Waals surface area contributed by atoms with Gasteiger partial charge >= 0.3 is 0 Å². The second-order valence-electron chi connectivity index (χ2n) is 4.45. The van der Waals surface area contributed by atoms with Gasteiger partial charge in [0.1, 0.15) is 23.1 Å². The molecule has 0 unspecified atom stereocenters. The molecule has 0 atom stereocenters. The van der Waals surface area contributed by atoms with E-state index in [1.165, 1.54) is 6.20 Å². The SMILES string of the molecule is N#Cc1cnn(C(=O)c2cc(-c3ccc(Br)cc3)n[nH]2)c1N. The van der Waals surface area contributed by atoms with Crippen LogP contribution in [-0.4, -0.2) is 25.9 Å². The number of nitrogens with two attached hydrogens (primary N) is 1. The molecule has 0 aliphatic heterocycles. The van der Waals surface area contributed by atoms with Crippen molar-refractivity contribution in [2.24, 2.45) is 0 Å². The fraction of sp³-hybridized carbons (Fsp3) is 0. The third-order valence-electron chi connectivity index (χ3n) is 3.07. The summed E-state index contributed by atoms with van der Waals surface area (Å²) in [6.07, 6.45) is 1.25. The summed E-state index contributed by atoms with van der Waals surface area (Å²) in [5.41, 5.74) is 7.58. The summed E-state index contributed by atoms with van der Waals surface area (Å²) >= 11 is 3.36. The minimum absolute atomic E-state index is 0.00675. The van der Waals surface area contributed by atoms with Crippen LogP contribution in [0, 0.1) is 11.3 Å². The third kappa shape index (κ3) is 2.38. The lowest BCUT2D eigenvalue weighted by Crippen LogP contribution is -2.16. The van der Waals surface area contributed by atoms with Crippen molar-refractivity contribution in [2.45, 2.75) is 0 Å². The average molecular weight is 357 g/mol. The Morgan fingerprint density at radius 3 is 2.73 bits per heavy atom. The van der Waals surface area contributed by atoms with Gasteiger partial charge in [0.05, 0.1) is 11.9 Å². The Labute approximate surface area is 133 Å². The molecule has 2 aromatic heterocycles. The lowest BCUT2D eigenvalue weighted by molar-refractivity contribution is 0.0943. The first-order valence-corrected chi connectivity index (χ1v) is 6.99. The van der Waals surface area contributed by atoms with E-state index in [1.807, 2.05) is 30.3 Å². The fourth-order valence-electron chi connectivity index (χ4n) is 1.92. The van der Waals surface area contributed by atoms with Gasteiger partial charge in [-0.3, -0.25) is 9.89 Å². The topological polar surface area (TPSA) is 113 Å². The number of nitriles is 1. The molecule has 0 amide bonds. The molecule has 0 radical (unpaired) electrons. The van der Waals surface area contributed by atoms with Crippen LogP contribution < -0.4 is 5.73 Å². The summed E-state index contributed by atoms with van der Waals surface area (Å²) in [5.74, 6) is -0.470. The second kappa shape index (κ2) is 5.46. The number of aromatic amines is 1. The molecule has 3 N–H and O–H groups in total. The van der Waals surface area contributed by atoms with Crippen LogP contribution in [0.15, 0.2) is 41.0 Å². The molecule has 0 bridgehead atoms. The van der Waals surface area contributed by atoms with E-state index in [2.05, 4.69) is 31.2 Å². The highest BCUT2D eigenvalue weighted by Gasteiger charge is 2.18. The molecule has 0 saturated heterocycles. The fourth-order valence-corrected chi connectivity index (χ4v) is 2.18. The highest BCUT2D eigenvalue weighted by molar-refractivity contribution is 9.10. The van der Waals surface area contributed by atoms with Gasteiger partial charge in [-0.25, -0.2) is 0 Å². The van der Waals surface area contributed by atoms with Crippen LogP contribution in [0.3, 0.4) is 0 Å². The van der Waals surface area contributed by atoms with Gasteiger partial charge in [0.25, 0.3) is 5.91 Å². The van der Waals surface area contributed by atoms with Crippen molar-refractivity contribution >= 4 is 27.7 Å². The van der Waals surface area contributed by atoms with Gasteiger partial charge in [-0.2, -0.15) is 20.1 Å². The standard InChI is InChI=1S/C14H9BrN6O/c15-10-3-1-8(2-4-10)11-5-12(20-19-11)14(22)21-13(17)9(6-16)7-18-21/h1-5,7H,17H2,(H,19,20). The molecular weight excluding hydrogens is 348 g/mol. The van der Waals surface area contributed by atoms with E-state index in [9.17, 15) is 4.79 Å². The van der Waals surface area contributed by atoms with Gasteiger partial charge in [-0.15, -0.1) is 0 Å². The van der Waals surface area contributed by atoms with Crippen molar-refractivity contribution < 1.29 is 4.79 Å². The summed E-state index contributed by atoms with van der Waals surface area (Å²) in [6, 6.07) is 11.0. The maximum Gasteiger partial charge on any atom is 0.298 e. The van der Waals surface area contributed by atoms with Gasteiger partial charge in [-0.1, -0.05) is 28.1 Å². The Bertz CT molecular complexity index is 887. The lowest BCUT2D eigenvalue weighted by Gasteiger charge is -1.99. The first kappa shape index (κ1) is 14.0. The van der Waals surface area contributed by atoms with Crippen LogP contribution in [0.5, 0.6) is 0 Å². The summed E-state index contributed by atoms with van der Waals surface area (Å²) in [5, 5.41) is 19.4. The number of nitrogens with one attached hydrogen (secondary N) is 1. The number of anilines is 1. The molecule has 22 heavy (non-hydrogen) atoms. The predicted molar refractivity (Wildman–Crippen MR) is 82.8 cm³/mol. The number of rotatable bonds is 2. The monoisotopic (exact) mass is 356 g/mol. The van der Waals surface area contributed by atoms with Crippen molar-refractivity contribution in [3.63, 3.8) is 0 Å². The van der Waals surface area contributed by atoms with Gasteiger partial charge in [-0.05, 0) is 18.2 Å². The Balaban J connectivity index is 1.93. The first-order valence-electron chi connectivity index (χ1n) is 6.20. The molecule has 0 aliphatic carbocycles. The van der Waals surface area contributed by atoms with Crippen LogP contribution >= 0.6 is 15.9 Å². The van der Waals surface area contributed by atoms with E-state index in [1.54, 1.807) is 6.07 Å². The molecule has 108 valence electrons. The summed E-state index contributed by atoms with van der Waals surface area (Å²) in [4.78, 5) is 12.3. The molecule has 0 spiro atoms. The summed E-state index contributed by atoms with van der Waals surface area (Å²) < 4.78 is 1.92. The quantitative estimate of drug-likeness (QED) is 0.730. The highest BCUT2D eigenvalue weighted by Crippen LogP contribution is 2.21. The van der Waals surface area contributed by atoms with Crippen molar-refractivity contribution in [3.05, 3.63) is 52.3 Å². The number of benzene rings is 1. The van der Waals surface area contributed by atoms with Gasteiger partial charge in [0.15, 0.2) is 0 Å². The largest absolute Gasteiger partial charge is 0.382 e. The molecule has 1 aromatic carbocycles. The Kier molecular flexibility index (Phi) is 3.48. The number of carbonyl (C=O) groups excluding carboxylic acids is 1. The molecule has 3 aromatic rings. The maximum atomic E-state index is 12.3. The number of nitrogen functional groups attached to an aromatic ring is 1. The van der Waals surface area contributed by atoms with Gasteiger partial charge in [0, 0.05) is 10.0 Å². The van der Waals surface area contributed by atoms with Gasteiger partial charge < -0.3 is 5.73 Å². The Morgan fingerprint density at radius 1 is 1.36 bits per heavy atom. The van der Waals surface area contributed by atoms with Crippen LogP contribution in [0.25, 0.3) is 11.3 Å². The zero-order valence-corrected chi connectivity index (χ0v) is 12.7. The third-order valence-corrected chi connectivity index (χ3v) is 3.60. The normalized spacial score (nSPS) is 10.4. The molecule has 0 fully saturated rings.